The zero-order valence-electron chi connectivity index (χ0n) is 8.86. The first-order chi connectivity index (χ1) is 7.09. The van der Waals surface area contributed by atoms with Crippen molar-refractivity contribution in [3.05, 3.63) is 17.8 Å². The lowest BCUT2D eigenvalue weighted by molar-refractivity contribution is 0.0690. The van der Waals surface area contributed by atoms with Gasteiger partial charge in [0.1, 0.15) is 6.26 Å². The molecule has 0 unspecified atom stereocenters. The molecule has 0 radical (unpaired) electrons. The number of carboxylic acids is 1. The van der Waals surface area contributed by atoms with Gasteiger partial charge >= 0.3 is 5.97 Å². The van der Waals surface area contributed by atoms with E-state index < -0.39 is 5.97 Å². The van der Waals surface area contributed by atoms with Crippen LogP contribution in [0.3, 0.4) is 0 Å². The Labute approximate surface area is 87.9 Å². The molecule has 1 heterocycles. The van der Waals surface area contributed by atoms with Crippen molar-refractivity contribution in [2.75, 3.05) is 27.2 Å². The molecule has 6 heteroatoms. The highest BCUT2D eigenvalue weighted by atomic mass is 16.4. The molecule has 0 aliphatic heterocycles. The molecule has 1 aromatic heterocycles. The van der Waals surface area contributed by atoms with Crippen molar-refractivity contribution >= 4 is 5.97 Å². The minimum atomic E-state index is -1.07. The van der Waals surface area contributed by atoms with Gasteiger partial charge in [-0.1, -0.05) is 0 Å². The number of oxazole rings is 1. The first-order valence-electron chi connectivity index (χ1n) is 4.62. The van der Waals surface area contributed by atoms with Crippen molar-refractivity contribution in [2.24, 2.45) is 0 Å². The van der Waals surface area contributed by atoms with Crippen LogP contribution in [0, 0.1) is 0 Å². The summed E-state index contributed by atoms with van der Waals surface area (Å²) in [5, 5.41) is 11.7. The van der Waals surface area contributed by atoms with Crippen molar-refractivity contribution in [1.29, 1.82) is 0 Å². The van der Waals surface area contributed by atoms with Crippen LogP contribution in [0.25, 0.3) is 0 Å². The zero-order chi connectivity index (χ0) is 11.3. The second-order valence-electron chi connectivity index (χ2n) is 3.41. The van der Waals surface area contributed by atoms with Crippen LogP contribution in [-0.4, -0.2) is 48.1 Å². The van der Waals surface area contributed by atoms with Gasteiger partial charge in [0.2, 0.25) is 5.89 Å². The van der Waals surface area contributed by atoms with Crippen molar-refractivity contribution in [3.8, 4) is 0 Å². The molecule has 0 saturated heterocycles. The van der Waals surface area contributed by atoms with E-state index in [1.165, 1.54) is 0 Å². The fraction of sp³-hybridized carbons (Fsp3) is 0.556. The summed E-state index contributed by atoms with van der Waals surface area (Å²) in [6.07, 6.45) is 1.14. The molecule has 2 N–H and O–H groups in total. The number of carboxylic acid groups (broad SMARTS) is 1. The summed E-state index contributed by atoms with van der Waals surface area (Å²) in [7, 11) is 3.96. The van der Waals surface area contributed by atoms with E-state index in [1.807, 2.05) is 19.0 Å². The number of hydrogen-bond acceptors (Lipinski definition) is 5. The molecule has 1 aromatic rings. The fourth-order valence-corrected chi connectivity index (χ4v) is 0.988. The molecule has 0 aliphatic rings. The van der Waals surface area contributed by atoms with Crippen molar-refractivity contribution in [1.82, 2.24) is 15.2 Å². The predicted molar refractivity (Wildman–Crippen MR) is 53.7 cm³/mol. The quantitative estimate of drug-likeness (QED) is 0.649. The monoisotopic (exact) mass is 213 g/mol. The summed E-state index contributed by atoms with van der Waals surface area (Å²) >= 11 is 0. The number of nitrogens with zero attached hydrogens (tertiary/aromatic N) is 2. The Hall–Kier alpha value is -1.40. The van der Waals surface area contributed by atoms with E-state index in [4.69, 9.17) is 9.52 Å². The summed E-state index contributed by atoms with van der Waals surface area (Å²) in [6, 6.07) is 0. The van der Waals surface area contributed by atoms with Crippen molar-refractivity contribution < 1.29 is 14.3 Å². The zero-order valence-corrected chi connectivity index (χ0v) is 8.86. The van der Waals surface area contributed by atoms with Gasteiger partial charge in [-0.25, -0.2) is 9.78 Å². The molecule has 6 nitrogen and oxygen atoms in total. The molecule has 0 atom stereocenters. The molecule has 15 heavy (non-hydrogen) atoms. The SMILES string of the molecule is CN(C)CCNCc1nc(C(=O)O)co1. The number of nitrogens with one attached hydrogen (secondary N) is 1. The lowest BCUT2D eigenvalue weighted by Gasteiger charge is -2.08. The van der Waals surface area contributed by atoms with Crippen molar-refractivity contribution in [2.45, 2.75) is 6.54 Å². The van der Waals surface area contributed by atoms with Gasteiger partial charge in [0.05, 0.1) is 6.54 Å². The van der Waals surface area contributed by atoms with Crippen LogP contribution in [0.1, 0.15) is 16.4 Å². The Kier molecular flexibility index (Phi) is 4.26. The van der Waals surface area contributed by atoms with Gasteiger partial charge in [0.25, 0.3) is 0 Å². The summed E-state index contributed by atoms with van der Waals surface area (Å²) in [4.78, 5) is 16.3. The molecule has 0 spiro atoms. The van der Waals surface area contributed by atoms with Gasteiger partial charge in [-0.3, -0.25) is 0 Å². The molecule has 1 rings (SSSR count). The van der Waals surface area contributed by atoms with E-state index >= 15 is 0 Å². The molecule has 0 aliphatic carbocycles. The second kappa shape index (κ2) is 5.47. The third-order valence-corrected chi connectivity index (χ3v) is 1.78. The smallest absolute Gasteiger partial charge is 0.357 e. The molecule has 0 bridgehead atoms. The lowest BCUT2D eigenvalue weighted by Crippen LogP contribution is -2.26. The molecule has 0 saturated carbocycles. The van der Waals surface area contributed by atoms with Gasteiger partial charge in [-0.05, 0) is 14.1 Å². The highest BCUT2D eigenvalue weighted by molar-refractivity contribution is 5.84. The maximum absolute atomic E-state index is 10.5. The van der Waals surface area contributed by atoms with E-state index in [1.54, 1.807) is 0 Å². The molecular weight excluding hydrogens is 198 g/mol. The van der Waals surface area contributed by atoms with Crippen LogP contribution in [0.15, 0.2) is 10.7 Å². The Bertz CT molecular complexity index is 322. The number of aromatic carboxylic acids is 1. The Morgan fingerprint density at radius 2 is 2.40 bits per heavy atom. The highest BCUT2D eigenvalue weighted by Gasteiger charge is 2.09. The number of carbonyl (C=O) groups is 1. The molecule has 84 valence electrons. The Morgan fingerprint density at radius 1 is 1.67 bits per heavy atom. The lowest BCUT2D eigenvalue weighted by atomic mass is 10.5. The van der Waals surface area contributed by atoms with Gasteiger partial charge in [0.15, 0.2) is 5.69 Å². The average Bonchev–Trinajstić information content (AvgIpc) is 2.60. The molecular formula is C9H15N3O3. The Morgan fingerprint density at radius 3 is 2.93 bits per heavy atom. The van der Waals surface area contributed by atoms with E-state index in [9.17, 15) is 4.79 Å². The fourth-order valence-electron chi connectivity index (χ4n) is 0.988. The van der Waals surface area contributed by atoms with Crippen LogP contribution in [0.4, 0.5) is 0 Å². The van der Waals surface area contributed by atoms with Crippen LogP contribution in [0.2, 0.25) is 0 Å². The third-order valence-electron chi connectivity index (χ3n) is 1.78. The summed E-state index contributed by atoms with van der Waals surface area (Å²) in [6.45, 7) is 2.16. The van der Waals surface area contributed by atoms with Gasteiger partial charge in [-0.2, -0.15) is 0 Å². The Balaban J connectivity index is 2.29. The number of hydrogen-bond donors (Lipinski definition) is 2. The average molecular weight is 213 g/mol. The minimum Gasteiger partial charge on any atom is -0.476 e. The van der Waals surface area contributed by atoms with Crippen LogP contribution < -0.4 is 5.32 Å². The summed E-state index contributed by atoms with van der Waals surface area (Å²) in [5.41, 5.74) is -0.0561. The van der Waals surface area contributed by atoms with Gasteiger partial charge in [0, 0.05) is 13.1 Å². The molecule has 0 amide bonds. The standard InChI is InChI=1S/C9H15N3O3/c1-12(2)4-3-10-5-8-11-7(6-15-8)9(13)14/h6,10H,3-5H2,1-2H3,(H,13,14). The number of rotatable bonds is 6. The van der Waals surface area contributed by atoms with Crippen LogP contribution in [0.5, 0.6) is 0 Å². The second-order valence-corrected chi connectivity index (χ2v) is 3.41. The maximum atomic E-state index is 10.5. The molecule has 0 fully saturated rings. The summed E-state index contributed by atoms with van der Waals surface area (Å²) < 4.78 is 4.96. The van der Waals surface area contributed by atoms with Crippen LogP contribution in [-0.2, 0) is 6.54 Å². The number of aromatic nitrogens is 1. The largest absolute Gasteiger partial charge is 0.476 e. The van der Waals surface area contributed by atoms with E-state index in [0.29, 0.717) is 12.4 Å². The first kappa shape index (κ1) is 11.7. The third kappa shape index (κ3) is 4.09. The van der Waals surface area contributed by atoms with Gasteiger partial charge in [-0.15, -0.1) is 0 Å². The normalized spacial score (nSPS) is 10.9. The topological polar surface area (TPSA) is 78.6 Å². The molecule has 0 aromatic carbocycles. The van der Waals surface area contributed by atoms with E-state index in [2.05, 4.69) is 10.3 Å². The predicted octanol–water partition coefficient (Wildman–Crippen LogP) is 0.0240. The summed E-state index contributed by atoms with van der Waals surface area (Å²) in [5.74, 6) is -0.676. The minimum absolute atomic E-state index is 0.0561. The van der Waals surface area contributed by atoms with E-state index in [0.717, 1.165) is 19.4 Å². The van der Waals surface area contributed by atoms with Crippen LogP contribution >= 0.6 is 0 Å². The number of likely N-dealkylation sites (N-methyl/N-ethyl adjacent to an activating group) is 1. The van der Waals surface area contributed by atoms with Crippen molar-refractivity contribution in [3.63, 3.8) is 0 Å². The highest BCUT2D eigenvalue weighted by Crippen LogP contribution is 2.00. The first-order valence-corrected chi connectivity index (χ1v) is 4.62. The maximum Gasteiger partial charge on any atom is 0.357 e. The van der Waals surface area contributed by atoms with E-state index in [-0.39, 0.29) is 5.69 Å². The van der Waals surface area contributed by atoms with Gasteiger partial charge < -0.3 is 19.7 Å².